The molecule has 0 radical (unpaired) electrons. The van der Waals surface area contributed by atoms with Gasteiger partial charge >= 0.3 is 0 Å². The number of nitrogens with one attached hydrogen (secondary N) is 1. The first-order valence-corrected chi connectivity index (χ1v) is 11.0. The van der Waals surface area contributed by atoms with Gasteiger partial charge in [0.2, 0.25) is 5.91 Å². The Morgan fingerprint density at radius 3 is 2.44 bits per heavy atom. The number of fused-ring (bicyclic) bond motifs is 1. The van der Waals surface area contributed by atoms with E-state index in [4.69, 9.17) is 0 Å². The first kappa shape index (κ1) is 21.5. The topological polar surface area (TPSA) is 81.1 Å². The van der Waals surface area contributed by atoms with Gasteiger partial charge in [0, 0.05) is 5.56 Å². The van der Waals surface area contributed by atoms with Gasteiger partial charge in [-0.3, -0.25) is 24.3 Å². The number of rotatable bonds is 5. The van der Waals surface area contributed by atoms with Crippen LogP contribution in [0.1, 0.15) is 21.5 Å². The lowest BCUT2D eigenvalue weighted by Crippen LogP contribution is -2.32. The van der Waals surface area contributed by atoms with E-state index < -0.39 is 11.8 Å². The molecule has 1 heterocycles. The number of thioether (sulfide) groups is 1. The zero-order valence-corrected chi connectivity index (χ0v) is 18.5. The highest BCUT2D eigenvalue weighted by Gasteiger charge is 2.17. The number of para-hydroxylation sites is 1. The molecular weight excluding hydrogens is 422 g/mol. The maximum absolute atomic E-state index is 13.4. The largest absolute Gasteiger partial charge is 0.292 e. The number of hydrogen-bond donors (Lipinski definition) is 1. The van der Waals surface area contributed by atoms with Crippen LogP contribution in [-0.4, -0.2) is 27.1 Å². The summed E-state index contributed by atoms with van der Waals surface area (Å²) in [5, 5.41) is 3.28. The SMILES string of the molecule is Cc1cccc(-n2c(SCC(=O)NC(=O)c3ccccc3)nc3ccccc3c2=O)c1C. The summed E-state index contributed by atoms with van der Waals surface area (Å²) in [6.07, 6.45) is 0. The van der Waals surface area contributed by atoms with E-state index in [0.717, 1.165) is 28.6 Å². The van der Waals surface area contributed by atoms with Gasteiger partial charge in [-0.05, 0) is 55.3 Å². The Kier molecular flexibility index (Phi) is 6.18. The third kappa shape index (κ3) is 4.33. The van der Waals surface area contributed by atoms with Crippen LogP contribution in [0.4, 0.5) is 0 Å². The number of nitrogens with zero attached hydrogens (tertiary/aromatic N) is 2. The Labute approximate surface area is 189 Å². The summed E-state index contributed by atoms with van der Waals surface area (Å²) >= 11 is 1.12. The zero-order chi connectivity index (χ0) is 22.7. The summed E-state index contributed by atoms with van der Waals surface area (Å²) in [6, 6.07) is 21.4. The van der Waals surface area contributed by atoms with E-state index >= 15 is 0 Å². The van der Waals surface area contributed by atoms with Crippen molar-refractivity contribution in [3.8, 4) is 5.69 Å². The summed E-state index contributed by atoms with van der Waals surface area (Å²) in [7, 11) is 0. The van der Waals surface area contributed by atoms with Gasteiger partial charge in [0.1, 0.15) is 0 Å². The van der Waals surface area contributed by atoms with E-state index in [0.29, 0.717) is 21.6 Å². The van der Waals surface area contributed by atoms with Crippen LogP contribution in [0.15, 0.2) is 82.7 Å². The van der Waals surface area contributed by atoms with E-state index in [2.05, 4.69) is 10.3 Å². The average molecular weight is 444 g/mol. The number of benzene rings is 3. The fraction of sp³-hybridized carbons (Fsp3) is 0.120. The number of carbonyl (C=O) groups excluding carboxylic acids is 2. The highest BCUT2D eigenvalue weighted by atomic mass is 32.2. The van der Waals surface area contributed by atoms with Crippen LogP contribution >= 0.6 is 11.8 Å². The molecule has 0 unspecified atom stereocenters. The van der Waals surface area contributed by atoms with Gasteiger partial charge in [0.25, 0.3) is 11.5 Å². The Bertz CT molecular complexity index is 1380. The van der Waals surface area contributed by atoms with Gasteiger partial charge in [0.15, 0.2) is 5.16 Å². The number of hydrogen-bond acceptors (Lipinski definition) is 5. The first-order chi connectivity index (χ1) is 15.5. The number of aryl methyl sites for hydroxylation is 1. The molecule has 1 N–H and O–H groups in total. The summed E-state index contributed by atoms with van der Waals surface area (Å²) in [4.78, 5) is 42.7. The fourth-order valence-corrected chi connectivity index (χ4v) is 4.16. The lowest BCUT2D eigenvalue weighted by Gasteiger charge is -2.16. The summed E-state index contributed by atoms with van der Waals surface area (Å²) in [5.41, 5.74) is 3.48. The van der Waals surface area contributed by atoms with Gasteiger partial charge < -0.3 is 0 Å². The molecule has 4 aromatic rings. The molecule has 6 nitrogen and oxygen atoms in total. The molecule has 0 aliphatic rings. The van der Waals surface area contributed by atoms with Crippen molar-refractivity contribution in [2.45, 2.75) is 19.0 Å². The monoisotopic (exact) mass is 443 g/mol. The van der Waals surface area contributed by atoms with E-state index in [1.54, 1.807) is 53.1 Å². The molecule has 0 aliphatic heterocycles. The molecule has 0 bridgehead atoms. The molecule has 0 fully saturated rings. The molecule has 7 heteroatoms. The summed E-state index contributed by atoms with van der Waals surface area (Å²) in [6.45, 7) is 3.93. The Morgan fingerprint density at radius 2 is 1.66 bits per heavy atom. The molecule has 4 rings (SSSR count). The van der Waals surface area contributed by atoms with Crippen LogP contribution in [-0.2, 0) is 4.79 Å². The molecule has 0 atom stereocenters. The quantitative estimate of drug-likeness (QED) is 0.372. The Balaban J connectivity index is 1.67. The van der Waals surface area contributed by atoms with E-state index in [1.165, 1.54) is 0 Å². The lowest BCUT2D eigenvalue weighted by molar-refractivity contribution is -0.117. The van der Waals surface area contributed by atoms with Crippen molar-refractivity contribution in [2.75, 3.05) is 5.75 Å². The summed E-state index contributed by atoms with van der Waals surface area (Å²) in [5.74, 6) is -0.984. The Morgan fingerprint density at radius 1 is 0.938 bits per heavy atom. The van der Waals surface area contributed by atoms with Gasteiger partial charge in [-0.2, -0.15) is 0 Å². The van der Waals surface area contributed by atoms with Crippen LogP contribution in [0, 0.1) is 13.8 Å². The smallest absolute Gasteiger partial charge is 0.266 e. The van der Waals surface area contributed by atoms with Crippen molar-refractivity contribution < 1.29 is 9.59 Å². The van der Waals surface area contributed by atoms with Crippen molar-refractivity contribution in [2.24, 2.45) is 0 Å². The number of aromatic nitrogens is 2. The first-order valence-electron chi connectivity index (χ1n) is 10.1. The van der Waals surface area contributed by atoms with Crippen molar-refractivity contribution in [3.63, 3.8) is 0 Å². The number of amides is 2. The third-order valence-corrected chi connectivity index (χ3v) is 6.12. The van der Waals surface area contributed by atoms with Gasteiger partial charge in [0.05, 0.1) is 22.3 Å². The minimum Gasteiger partial charge on any atom is -0.292 e. The van der Waals surface area contributed by atoms with Crippen LogP contribution in [0.2, 0.25) is 0 Å². The predicted octanol–water partition coefficient (Wildman–Crippen LogP) is 4.05. The molecular formula is C25H21N3O3S. The molecule has 32 heavy (non-hydrogen) atoms. The van der Waals surface area contributed by atoms with Crippen LogP contribution in [0.3, 0.4) is 0 Å². The van der Waals surface area contributed by atoms with E-state index in [9.17, 15) is 14.4 Å². The van der Waals surface area contributed by atoms with Crippen LogP contribution in [0.5, 0.6) is 0 Å². The third-order valence-electron chi connectivity index (χ3n) is 5.18. The summed E-state index contributed by atoms with van der Waals surface area (Å²) < 4.78 is 1.54. The molecule has 0 saturated heterocycles. The highest BCUT2D eigenvalue weighted by molar-refractivity contribution is 7.99. The van der Waals surface area contributed by atoms with Gasteiger partial charge in [-0.15, -0.1) is 0 Å². The van der Waals surface area contributed by atoms with Crippen molar-refractivity contribution in [1.29, 1.82) is 0 Å². The number of carbonyl (C=O) groups is 2. The second-order valence-electron chi connectivity index (χ2n) is 7.30. The van der Waals surface area contributed by atoms with Crippen molar-refractivity contribution in [1.82, 2.24) is 14.9 Å². The van der Waals surface area contributed by atoms with Gasteiger partial charge in [-0.1, -0.05) is 54.2 Å². The van der Waals surface area contributed by atoms with E-state index in [-0.39, 0.29) is 11.3 Å². The fourth-order valence-electron chi connectivity index (χ4n) is 3.35. The second-order valence-corrected chi connectivity index (χ2v) is 8.25. The normalized spacial score (nSPS) is 10.8. The standard InChI is InChI=1S/C25H21N3O3S/c1-16-9-8-14-21(17(16)2)28-24(31)19-12-6-7-13-20(19)26-25(28)32-15-22(29)27-23(30)18-10-4-3-5-11-18/h3-14H,15H2,1-2H3,(H,27,29,30). The van der Waals surface area contributed by atoms with Crippen LogP contribution < -0.4 is 10.9 Å². The number of imide groups is 1. The Hall–Kier alpha value is -3.71. The molecule has 0 saturated carbocycles. The highest BCUT2D eigenvalue weighted by Crippen LogP contribution is 2.24. The zero-order valence-electron chi connectivity index (χ0n) is 17.7. The molecule has 160 valence electrons. The predicted molar refractivity (Wildman–Crippen MR) is 126 cm³/mol. The maximum atomic E-state index is 13.4. The minimum atomic E-state index is -0.463. The van der Waals surface area contributed by atoms with Crippen molar-refractivity contribution in [3.05, 3.63) is 99.8 Å². The van der Waals surface area contributed by atoms with Crippen molar-refractivity contribution >= 4 is 34.5 Å². The van der Waals surface area contributed by atoms with E-state index in [1.807, 2.05) is 38.1 Å². The molecule has 0 aliphatic carbocycles. The molecule has 1 aromatic heterocycles. The van der Waals surface area contributed by atoms with Crippen LogP contribution in [0.25, 0.3) is 16.6 Å². The lowest BCUT2D eigenvalue weighted by atomic mass is 10.1. The van der Waals surface area contributed by atoms with Gasteiger partial charge in [-0.25, -0.2) is 4.98 Å². The molecule has 0 spiro atoms. The molecule has 2 amide bonds. The molecule has 3 aromatic carbocycles. The second kappa shape index (κ2) is 9.20. The minimum absolute atomic E-state index is 0.0613. The maximum Gasteiger partial charge on any atom is 0.266 e. The average Bonchev–Trinajstić information content (AvgIpc) is 2.80.